The first-order chi connectivity index (χ1) is 11.0. The Bertz CT molecular complexity index is 652. The zero-order chi connectivity index (χ0) is 17.0. The fourth-order valence-electron chi connectivity index (χ4n) is 2.41. The molecular formula is C16H20NO5P. The number of carbonyl (C=O) groups is 2. The highest BCUT2D eigenvalue weighted by Gasteiger charge is 2.38. The van der Waals surface area contributed by atoms with Crippen LogP contribution in [0.4, 0.5) is 0 Å². The number of amides is 2. The van der Waals surface area contributed by atoms with Gasteiger partial charge in [0.1, 0.15) is 0 Å². The van der Waals surface area contributed by atoms with E-state index in [2.05, 4.69) is 0 Å². The number of rotatable bonds is 7. The van der Waals surface area contributed by atoms with Crippen LogP contribution >= 0.6 is 7.60 Å². The summed E-state index contributed by atoms with van der Waals surface area (Å²) in [5, 5.41) is 0. The summed E-state index contributed by atoms with van der Waals surface area (Å²) >= 11 is 0. The maximum atomic E-state index is 12.7. The van der Waals surface area contributed by atoms with Crippen LogP contribution in [0.5, 0.6) is 0 Å². The minimum atomic E-state index is -3.50. The highest BCUT2D eigenvalue weighted by atomic mass is 31.2. The molecule has 0 atom stereocenters. The lowest BCUT2D eigenvalue weighted by Gasteiger charge is -2.20. The molecule has 0 saturated heterocycles. The summed E-state index contributed by atoms with van der Waals surface area (Å²) < 4.78 is 23.1. The van der Waals surface area contributed by atoms with Crippen molar-refractivity contribution in [3.8, 4) is 0 Å². The lowest BCUT2D eigenvalue weighted by Crippen LogP contribution is -2.28. The van der Waals surface area contributed by atoms with E-state index in [1.54, 1.807) is 45.0 Å². The molecule has 1 aliphatic heterocycles. The van der Waals surface area contributed by atoms with Gasteiger partial charge in [0.25, 0.3) is 11.8 Å². The number of hydrogen-bond donors (Lipinski definition) is 0. The van der Waals surface area contributed by atoms with E-state index in [1.165, 1.54) is 5.82 Å². The van der Waals surface area contributed by atoms with Gasteiger partial charge in [-0.15, -0.1) is 0 Å². The van der Waals surface area contributed by atoms with Crippen LogP contribution in [0.25, 0.3) is 0 Å². The number of fused-ring (bicyclic) bond motifs is 1. The van der Waals surface area contributed by atoms with Crippen LogP contribution in [-0.4, -0.2) is 29.9 Å². The zero-order valence-electron chi connectivity index (χ0n) is 13.4. The number of allylic oxidation sites excluding steroid dienone is 1. The van der Waals surface area contributed by atoms with Crippen LogP contribution in [0, 0.1) is 0 Å². The first kappa shape index (κ1) is 17.6. The van der Waals surface area contributed by atoms with Crippen molar-refractivity contribution in [3.63, 3.8) is 0 Å². The summed E-state index contributed by atoms with van der Waals surface area (Å²) in [7, 11) is -3.50. The molecule has 124 valence electrons. The Kier molecular flexibility index (Phi) is 5.52. The van der Waals surface area contributed by atoms with Crippen molar-refractivity contribution < 1.29 is 23.2 Å². The monoisotopic (exact) mass is 337 g/mol. The topological polar surface area (TPSA) is 72.9 Å². The minimum Gasteiger partial charge on any atom is -0.306 e. The van der Waals surface area contributed by atoms with Crippen molar-refractivity contribution in [2.24, 2.45) is 0 Å². The van der Waals surface area contributed by atoms with Crippen molar-refractivity contribution in [2.45, 2.75) is 27.2 Å². The van der Waals surface area contributed by atoms with Crippen molar-refractivity contribution in [1.29, 1.82) is 0 Å². The van der Waals surface area contributed by atoms with Gasteiger partial charge in [0, 0.05) is 11.5 Å². The van der Waals surface area contributed by atoms with Crippen LogP contribution in [0.15, 0.2) is 35.8 Å². The Morgan fingerprint density at radius 3 is 1.91 bits per heavy atom. The molecule has 0 bridgehead atoms. The van der Waals surface area contributed by atoms with Crippen molar-refractivity contribution in [3.05, 3.63) is 46.9 Å². The van der Waals surface area contributed by atoms with E-state index in [0.717, 1.165) is 4.90 Å². The quantitative estimate of drug-likeness (QED) is 0.559. The first-order valence-corrected chi connectivity index (χ1v) is 9.17. The molecule has 0 fully saturated rings. The summed E-state index contributed by atoms with van der Waals surface area (Å²) in [5.74, 6) is 0.443. The second-order valence-corrected chi connectivity index (χ2v) is 6.69. The van der Waals surface area contributed by atoms with Gasteiger partial charge in [-0.2, -0.15) is 0 Å². The maximum absolute atomic E-state index is 12.7. The molecule has 1 heterocycles. The van der Waals surface area contributed by atoms with E-state index in [-0.39, 0.29) is 13.2 Å². The normalized spacial score (nSPS) is 15.3. The summed E-state index contributed by atoms with van der Waals surface area (Å²) in [6.07, 6.45) is 0.343. The van der Waals surface area contributed by atoms with E-state index in [1.807, 2.05) is 0 Å². The van der Waals surface area contributed by atoms with Crippen LogP contribution < -0.4 is 0 Å². The van der Waals surface area contributed by atoms with E-state index in [9.17, 15) is 14.2 Å². The van der Waals surface area contributed by atoms with Crippen LogP contribution in [0.3, 0.4) is 0 Å². The van der Waals surface area contributed by atoms with Crippen molar-refractivity contribution >= 4 is 19.4 Å². The van der Waals surface area contributed by atoms with E-state index < -0.39 is 19.4 Å². The van der Waals surface area contributed by atoms with Gasteiger partial charge in [-0.3, -0.25) is 14.2 Å². The average molecular weight is 337 g/mol. The molecule has 2 amide bonds. The Balaban J connectivity index is 2.42. The third-order valence-electron chi connectivity index (χ3n) is 3.37. The lowest BCUT2D eigenvalue weighted by molar-refractivity contribution is 0.0700. The van der Waals surface area contributed by atoms with E-state index >= 15 is 0 Å². The molecule has 1 aromatic rings. The minimum absolute atomic E-state index is 0.201. The Labute approximate surface area is 135 Å². The molecule has 0 aliphatic carbocycles. The van der Waals surface area contributed by atoms with Gasteiger partial charge in [-0.25, -0.2) is 4.90 Å². The molecule has 2 rings (SSSR count). The third kappa shape index (κ3) is 3.44. The van der Waals surface area contributed by atoms with Crippen molar-refractivity contribution in [1.82, 2.24) is 4.90 Å². The Morgan fingerprint density at radius 2 is 1.52 bits per heavy atom. The fraction of sp³-hybridized carbons (Fsp3) is 0.375. The van der Waals surface area contributed by atoms with Gasteiger partial charge in [0.2, 0.25) is 0 Å². The predicted molar refractivity (Wildman–Crippen MR) is 86.2 cm³/mol. The molecule has 7 heteroatoms. The molecular weight excluding hydrogens is 317 g/mol. The van der Waals surface area contributed by atoms with Crippen LogP contribution in [-0.2, 0) is 13.6 Å². The van der Waals surface area contributed by atoms with Crippen LogP contribution in [0.1, 0.15) is 47.9 Å². The van der Waals surface area contributed by atoms with Crippen LogP contribution in [0.2, 0.25) is 0 Å². The highest BCUT2D eigenvalue weighted by molar-refractivity contribution is 7.57. The number of benzene rings is 1. The van der Waals surface area contributed by atoms with Gasteiger partial charge in [-0.05, 0) is 32.4 Å². The standard InChI is InChI=1S/C16H20NO5P/c1-4-12(11-23(20,21-5-2)22-6-3)17-15(18)13-9-7-8-10-14(13)16(17)19/h7-11H,4-6H2,1-3H3/b12-11+. The van der Waals surface area contributed by atoms with E-state index in [0.29, 0.717) is 23.2 Å². The lowest BCUT2D eigenvalue weighted by atomic mass is 10.1. The Hall–Kier alpha value is -1.75. The molecule has 1 aliphatic rings. The largest absolute Gasteiger partial charge is 0.355 e. The molecule has 0 aromatic heterocycles. The summed E-state index contributed by atoms with van der Waals surface area (Å²) in [6, 6.07) is 6.61. The van der Waals surface area contributed by atoms with Gasteiger partial charge >= 0.3 is 7.60 Å². The zero-order valence-corrected chi connectivity index (χ0v) is 14.3. The fourth-order valence-corrected chi connectivity index (χ4v) is 4.02. The number of hydrogen-bond acceptors (Lipinski definition) is 5. The number of carbonyl (C=O) groups excluding carboxylic acids is 2. The molecule has 0 unspecified atom stereocenters. The molecule has 6 nitrogen and oxygen atoms in total. The van der Waals surface area contributed by atoms with Gasteiger partial charge < -0.3 is 9.05 Å². The van der Waals surface area contributed by atoms with Crippen molar-refractivity contribution in [2.75, 3.05) is 13.2 Å². The summed E-state index contributed by atoms with van der Waals surface area (Å²) in [6.45, 7) is 5.58. The Morgan fingerprint density at radius 1 is 1.04 bits per heavy atom. The van der Waals surface area contributed by atoms with Gasteiger partial charge in [0.15, 0.2) is 0 Å². The van der Waals surface area contributed by atoms with E-state index in [4.69, 9.17) is 9.05 Å². The average Bonchev–Trinajstić information content (AvgIpc) is 2.78. The number of nitrogens with zero attached hydrogens (tertiary/aromatic N) is 1. The predicted octanol–water partition coefficient (Wildman–Crippen LogP) is 3.80. The molecule has 0 radical (unpaired) electrons. The van der Waals surface area contributed by atoms with Gasteiger partial charge in [-0.1, -0.05) is 19.1 Å². The molecule has 0 saturated carbocycles. The smallest absolute Gasteiger partial charge is 0.306 e. The SMILES string of the molecule is CCOP(=O)(/C=C(\CC)N1C(=O)c2ccccc2C1=O)OCC. The number of imide groups is 1. The second-order valence-electron chi connectivity index (χ2n) is 4.84. The molecule has 0 spiro atoms. The highest BCUT2D eigenvalue weighted by Crippen LogP contribution is 2.51. The molecule has 23 heavy (non-hydrogen) atoms. The van der Waals surface area contributed by atoms with Gasteiger partial charge in [0.05, 0.1) is 24.3 Å². The summed E-state index contributed by atoms with van der Waals surface area (Å²) in [4.78, 5) is 26.1. The first-order valence-electron chi connectivity index (χ1n) is 7.55. The third-order valence-corrected chi connectivity index (χ3v) is 5.22. The maximum Gasteiger partial charge on any atom is 0.355 e. The molecule has 1 aromatic carbocycles. The summed E-state index contributed by atoms with van der Waals surface area (Å²) in [5.41, 5.74) is 1.01. The molecule has 0 N–H and O–H groups in total. The second kappa shape index (κ2) is 7.21.